The Balaban J connectivity index is 1.89. The Kier molecular flexibility index (Phi) is 4.60. The average Bonchev–Trinajstić information content (AvgIpc) is 2.70. The molecule has 0 unspecified atom stereocenters. The Morgan fingerprint density at radius 3 is 1.85 bits per heavy atom. The van der Waals surface area contributed by atoms with E-state index in [0.717, 1.165) is 0 Å². The van der Waals surface area contributed by atoms with Gasteiger partial charge >= 0.3 is 0 Å². The van der Waals surface area contributed by atoms with Gasteiger partial charge in [0.15, 0.2) is 6.20 Å². The molecule has 1 heteroatoms. The predicted molar refractivity (Wildman–Crippen MR) is 113 cm³/mol. The first-order valence-corrected chi connectivity index (χ1v) is 9.35. The molecular formula is C26H24N+. The van der Waals surface area contributed by atoms with E-state index in [1.165, 1.54) is 44.6 Å². The van der Waals surface area contributed by atoms with E-state index in [4.69, 9.17) is 0 Å². The van der Waals surface area contributed by atoms with Crippen molar-refractivity contribution in [2.75, 3.05) is 0 Å². The second-order valence-electron chi connectivity index (χ2n) is 7.13. The zero-order valence-electron chi connectivity index (χ0n) is 16.1. The highest BCUT2D eigenvalue weighted by molar-refractivity contribution is 5.76. The maximum atomic E-state index is 2.32. The quantitative estimate of drug-likeness (QED) is 0.391. The van der Waals surface area contributed by atoms with Gasteiger partial charge in [0.2, 0.25) is 5.69 Å². The maximum absolute atomic E-state index is 2.32. The van der Waals surface area contributed by atoms with Gasteiger partial charge in [0.1, 0.15) is 7.05 Å². The number of hydrogen-bond donors (Lipinski definition) is 0. The second-order valence-corrected chi connectivity index (χ2v) is 7.13. The number of aromatic nitrogens is 1. The predicted octanol–water partition coefficient (Wildman–Crippen LogP) is 6.13. The van der Waals surface area contributed by atoms with Crippen molar-refractivity contribution in [3.8, 4) is 33.5 Å². The SMILES string of the molecule is Cc1c[n+](C)c(-c2cc(-c3ccccc3)ccc2C)cc1-c1ccccc1. The molecule has 0 spiro atoms. The maximum Gasteiger partial charge on any atom is 0.213 e. The van der Waals surface area contributed by atoms with Crippen LogP contribution in [0.2, 0.25) is 0 Å². The van der Waals surface area contributed by atoms with Gasteiger partial charge in [-0.15, -0.1) is 0 Å². The lowest BCUT2D eigenvalue weighted by molar-refractivity contribution is -0.660. The highest BCUT2D eigenvalue weighted by Gasteiger charge is 2.17. The molecule has 4 rings (SSSR count). The van der Waals surface area contributed by atoms with Crippen LogP contribution in [-0.2, 0) is 7.05 Å². The molecule has 0 saturated heterocycles. The second kappa shape index (κ2) is 7.20. The fourth-order valence-corrected chi connectivity index (χ4v) is 3.69. The van der Waals surface area contributed by atoms with Crippen molar-refractivity contribution >= 4 is 0 Å². The molecule has 1 aromatic heterocycles. The number of aryl methyl sites for hydroxylation is 3. The van der Waals surface area contributed by atoms with E-state index in [2.05, 4.69) is 117 Å². The third-order valence-corrected chi connectivity index (χ3v) is 5.18. The lowest BCUT2D eigenvalue weighted by Crippen LogP contribution is -2.31. The van der Waals surface area contributed by atoms with Gasteiger partial charge in [0.25, 0.3) is 0 Å². The molecule has 0 amide bonds. The van der Waals surface area contributed by atoms with E-state index in [9.17, 15) is 0 Å². The van der Waals surface area contributed by atoms with Crippen molar-refractivity contribution in [3.05, 3.63) is 102 Å². The fraction of sp³-hybridized carbons (Fsp3) is 0.115. The van der Waals surface area contributed by atoms with Crippen molar-refractivity contribution in [1.82, 2.24) is 0 Å². The minimum atomic E-state index is 1.23. The number of pyridine rings is 1. The minimum Gasteiger partial charge on any atom is -0.201 e. The fourth-order valence-electron chi connectivity index (χ4n) is 3.69. The van der Waals surface area contributed by atoms with Gasteiger partial charge in [-0.2, -0.15) is 0 Å². The molecule has 1 nitrogen and oxygen atoms in total. The summed E-state index contributed by atoms with van der Waals surface area (Å²) in [4.78, 5) is 0. The molecule has 0 aliphatic rings. The molecule has 1 heterocycles. The molecule has 0 radical (unpaired) electrons. The number of benzene rings is 3. The van der Waals surface area contributed by atoms with Crippen LogP contribution < -0.4 is 4.57 Å². The summed E-state index contributed by atoms with van der Waals surface area (Å²) in [6.07, 6.45) is 2.23. The van der Waals surface area contributed by atoms with Crippen molar-refractivity contribution in [2.45, 2.75) is 13.8 Å². The monoisotopic (exact) mass is 350 g/mol. The molecule has 4 aromatic rings. The summed E-state index contributed by atoms with van der Waals surface area (Å²) in [6.45, 7) is 4.37. The van der Waals surface area contributed by atoms with Crippen LogP contribution in [0.3, 0.4) is 0 Å². The molecule has 0 atom stereocenters. The van der Waals surface area contributed by atoms with E-state index in [0.29, 0.717) is 0 Å². The molecule has 27 heavy (non-hydrogen) atoms. The summed E-state index contributed by atoms with van der Waals surface area (Å²) in [5.74, 6) is 0. The molecule has 0 aliphatic carbocycles. The summed E-state index contributed by atoms with van der Waals surface area (Å²) >= 11 is 0. The van der Waals surface area contributed by atoms with Gasteiger partial charge in [0.05, 0.1) is 0 Å². The summed E-state index contributed by atoms with van der Waals surface area (Å²) in [5.41, 5.74) is 10.1. The third-order valence-electron chi connectivity index (χ3n) is 5.18. The topological polar surface area (TPSA) is 3.88 Å². The minimum absolute atomic E-state index is 1.23. The van der Waals surface area contributed by atoms with Crippen LogP contribution in [0, 0.1) is 13.8 Å². The summed E-state index contributed by atoms with van der Waals surface area (Å²) in [6, 6.07) is 30.3. The van der Waals surface area contributed by atoms with Gasteiger partial charge < -0.3 is 0 Å². The van der Waals surface area contributed by atoms with Crippen LogP contribution in [0.25, 0.3) is 33.5 Å². The van der Waals surface area contributed by atoms with Gasteiger partial charge in [-0.1, -0.05) is 72.8 Å². The number of nitrogens with zero attached hydrogens (tertiary/aromatic N) is 1. The highest BCUT2D eigenvalue weighted by Crippen LogP contribution is 2.31. The van der Waals surface area contributed by atoms with Crippen molar-refractivity contribution in [1.29, 1.82) is 0 Å². The first-order chi connectivity index (χ1) is 13.1. The Morgan fingerprint density at radius 2 is 1.19 bits per heavy atom. The van der Waals surface area contributed by atoms with E-state index < -0.39 is 0 Å². The van der Waals surface area contributed by atoms with Gasteiger partial charge in [-0.3, -0.25) is 0 Å². The summed E-state index contributed by atoms with van der Waals surface area (Å²) < 4.78 is 2.24. The highest BCUT2D eigenvalue weighted by atomic mass is 14.9. The average molecular weight is 350 g/mol. The largest absolute Gasteiger partial charge is 0.213 e. The van der Waals surface area contributed by atoms with Crippen LogP contribution in [-0.4, -0.2) is 0 Å². The summed E-state index contributed by atoms with van der Waals surface area (Å²) in [7, 11) is 2.13. The molecule has 132 valence electrons. The number of rotatable bonds is 3. The Bertz CT molecular complexity index is 1080. The van der Waals surface area contributed by atoms with Gasteiger partial charge in [-0.05, 0) is 47.7 Å². The number of hydrogen-bond acceptors (Lipinski definition) is 0. The Morgan fingerprint density at radius 1 is 0.556 bits per heavy atom. The third kappa shape index (κ3) is 3.41. The zero-order chi connectivity index (χ0) is 18.8. The molecule has 3 aromatic carbocycles. The first kappa shape index (κ1) is 17.2. The van der Waals surface area contributed by atoms with Crippen LogP contribution in [0.4, 0.5) is 0 Å². The van der Waals surface area contributed by atoms with Gasteiger partial charge in [-0.25, -0.2) is 4.57 Å². The smallest absolute Gasteiger partial charge is 0.201 e. The molecule has 0 N–H and O–H groups in total. The lowest BCUT2D eigenvalue weighted by Gasteiger charge is -2.11. The van der Waals surface area contributed by atoms with Crippen LogP contribution in [0.5, 0.6) is 0 Å². The molecule has 0 aliphatic heterocycles. The first-order valence-electron chi connectivity index (χ1n) is 9.35. The van der Waals surface area contributed by atoms with Crippen LogP contribution in [0.1, 0.15) is 11.1 Å². The summed E-state index contributed by atoms with van der Waals surface area (Å²) in [5, 5.41) is 0. The normalized spacial score (nSPS) is 10.8. The van der Waals surface area contributed by atoms with E-state index in [1.807, 2.05) is 0 Å². The van der Waals surface area contributed by atoms with Crippen LogP contribution in [0.15, 0.2) is 91.1 Å². The molecular weight excluding hydrogens is 326 g/mol. The van der Waals surface area contributed by atoms with E-state index >= 15 is 0 Å². The standard InChI is InChI=1S/C26H24N/c1-19-14-15-23(21-10-6-4-7-11-21)16-25(19)26-17-24(20(2)18-27(26)3)22-12-8-5-9-13-22/h4-18H,1-3H3/q+1. The zero-order valence-corrected chi connectivity index (χ0v) is 16.1. The van der Waals surface area contributed by atoms with Crippen molar-refractivity contribution < 1.29 is 4.57 Å². The Labute approximate surface area is 161 Å². The molecule has 0 fully saturated rings. The van der Waals surface area contributed by atoms with Crippen molar-refractivity contribution in [2.24, 2.45) is 7.05 Å². The van der Waals surface area contributed by atoms with Crippen LogP contribution >= 0.6 is 0 Å². The Hall–Kier alpha value is -3.19. The van der Waals surface area contributed by atoms with E-state index in [1.54, 1.807) is 0 Å². The van der Waals surface area contributed by atoms with Crippen molar-refractivity contribution in [3.63, 3.8) is 0 Å². The van der Waals surface area contributed by atoms with E-state index in [-0.39, 0.29) is 0 Å². The lowest BCUT2D eigenvalue weighted by atomic mass is 9.94. The van der Waals surface area contributed by atoms with Gasteiger partial charge in [0, 0.05) is 17.2 Å². The molecule has 0 saturated carbocycles. The molecule has 0 bridgehead atoms.